The van der Waals surface area contributed by atoms with Gasteiger partial charge in [0.25, 0.3) is 0 Å². The maximum Gasteiger partial charge on any atom is 0.244 e. The van der Waals surface area contributed by atoms with E-state index in [1.165, 1.54) is 5.48 Å². The molecule has 1 unspecified atom stereocenters. The SMILES string of the molecule is CCCC(CC(=O)NO)NS(=O)(=O)c1cccc2ccccc12. The van der Waals surface area contributed by atoms with E-state index in [2.05, 4.69) is 4.72 Å². The Kier molecular flexibility index (Phi) is 5.70. The monoisotopic (exact) mass is 336 g/mol. The number of benzene rings is 2. The van der Waals surface area contributed by atoms with Crippen molar-refractivity contribution in [2.75, 3.05) is 0 Å². The lowest BCUT2D eigenvalue weighted by Gasteiger charge is -2.18. The lowest BCUT2D eigenvalue weighted by Crippen LogP contribution is -2.38. The summed E-state index contributed by atoms with van der Waals surface area (Å²) < 4.78 is 28.0. The van der Waals surface area contributed by atoms with E-state index in [9.17, 15) is 13.2 Å². The minimum atomic E-state index is -3.77. The Balaban J connectivity index is 2.33. The minimum Gasteiger partial charge on any atom is -0.289 e. The third-order valence-electron chi connectivity index (χ3n) is 3.55. The zero-order valence-corrected chi connectivity index (χ0v) is 13.6. The highest BCUT2D eigenvalue weighted by atomic mass is 32.2. The predicted octanol–water partition coefficient (Wildman–Crippen LogP) is 2.18. The lowest BCUT2D eigenvalue weighted by molar-refractivity contribution is -0.129. The maximum absolute atomic E-state index is 12.7. The molecule has 1 amide bonds. The van der Waals surface area contributed by atoms with Gasteiger partial charge in [-0.2, -0.15) is 0 Å². The lowest BCUT2D eigenvalue weighted by atomic mass is 10.1. The Morgan fingerprint density at radius 3 is 2.57 bits per heavy atom. The molecule has 0 bridgehead atoms. The van der Waals surface area contributed by atoms with Gasteiger partial charge in [0.15, 0.2) is 0 Å². The van der Waals surface area contributed by atoms with Crippen LogP contribution in [0.4, 0.5) is 0 Å². The standard InChI is InChI=1S/C16H20N2O4S/c1-2-6-13(11-16(19)17-20)18-23(21,22)15-10-5-8-12-7-3-4-9-14(12)15/h3-5,7-10,13,18,20H,2,6,11H2,1H3,(H,17,19). The summed E-state index contributed by atoms with van der Waals surface area (Å²) in [5.74, 6) is -0.621. The zero-order chi connectivity index (χ0) is 16.9. The van der Waals surface area contributed by atoms with Crippen LogP contribution in [0.25, 0.3) is 10.8 Å². The molecule has 2 aromatic rings. The average molecular weight is 336 g/mol. The predicted molar refractivity (Wildman–Crippen MR) is 87.5 cm³/mol. The summed E-state index contributed by atoms with van der Waals surface area (Å²) in [6.07, 6.45) is 1.09. The highest BCUT2D eigenvalue weighted by Crippen LogP contribution is 2.23. The fourth-order valence-electron chi connectivity index (χ4n) is 2.53. The molecule has 0 saturated heterocycles. The fraction of sp³-hybridized carbons (Fsp3) is 0.312. The van der Waals surface area contributed by atoms with Gasteiger partial charge in [0.05, 0.1) is 4.90 Å². The number of hydrogen-bond donors (Lipinski definition) is 3. The molecular weight excluding hydrogens is 316 g/mol. The number of carbonyl (C=O) groups is 1. The molecule has 124 valence electrons. The van der Waals surface area contributed by atoms with E-state index in [1.54, 1.807) is 24.3 Å². The van der Waals surface area contributed by atoms with Gasteiger partial charge < -0.3 is 0 Å². The molecule has 2 aromatic carbocycles. The fourth-order valence-corrected chi connectivity index (χ4v) is 4.03. The smallest absolute Gasteiger partial charge is 0.244 e. The third-order valence-corrected chi connectivity index (χ3v) is 5.13. The second-order valence-electron chi connectivity index (χ2n) is 5.32. The summed E-state index contributed by atoms with van der Waals surface area (Å²) in [5, 5.41) is 10.1. The quantitative estimate of drug-likeness (QED) is 0.533. The Morgan fingerprint density at radius 1 is 1.17 bits per heavy atom. The number of hydrogen-bond acceptors (Lipinski definition) is 4. The van der Waals surface area contributed by atoms with Gasteiger partial charge >= 0.3 is 0 Å². The van der Waals surface area contributed by atoms with Crippen LogP contribution >= 0.6 is 0 Å². The van der Waals surface area contributed by atoms with Crippen molar-refractivity contribution < 1.29 is 18.4 Å². The van der Waals surface area contributed by atoms with E-state index in [-0.39, 0.29) is 11.3 Å². The van der Waals surface area contributed by atoms with Crippen LogP contribution in [0.2, 0.25) is 0 Å². The third kappa shape index (κ3) is 4.28. The van der Waals surface area contributed by atoms with Gasteiger partial charge in [-0.05, 0) is 17.9 Å². The van der Waals surface area contributed by atoms with Crippen molar-refractivity contribution >= 4 is 26.7 Å². The molecule has 0 radical (unpaired) electrons. The normalized spacial score (nSPS) is 13.0. The number of nitrogens with one attached hydrogen (secondary N) is 2. The first-order chi connectivity index (χ1) is 11.0. The van der Waals surface area contributed by atoms with Crippen LogP contribution in [-0.4, -0.2) is 25.6 Å². The number of carbonyl (C=O) groups excluding carboxylic acids is 1. The second kappa shape index (κ2) is 7.54. The Labute approximate surface area is 135 Å². The van der Waals surface area contributed by atoms with Crippen LogP contribution in [0.1, 0.15) is 26.2 Å². The van der Waals surface area contributed by atoms with Crippen molar-refractivity contribution in [3.8, 4) is 0 Å². The van der Waals surface area contributed by atoms with Crippen molar-refractivity contribution in [3.05, 3.63) is 42.5 Å². The second-order valence-corrected chi connectivity index (χ2v) is 7.01. The van der Waals surface area contributed by atoms with Crippen LogP contribution in [-0.2, 0) is 14.8 Å². The maximum atomic E-state index is 12.7. The summed E-state index contributed by atoms with van der Waals surface area (Å²) in [5.41, 5.74) is 1.54. The number of fused-ring (bicyclic) bond motifs is 1. The Bertz CT molecular complexity index is 784. The summed E-state index contributed by atoms with van der Waals surface area (Å²) >= 11 is 0. The van der Waals surface area contributed by atoms with Crippen molar-refractivity contribution in [1.82, 2.24) is 10.2 Å². The van der Waals surface area contributed by atoms with Gasteiger partial charge in [0.1, 0.15) is 0 Å². The van der Waals surface area contributed by atoms with Crippen LogP contribution in [0.5, 0.6) is 0 Å². The molecular formula is C16H20N2O4S. The molecule has 0 aliphatic rings. The molecule has 0 aromatic heterocycles. The zero-order valence-electron chi connectivity index (χ0n) is 12.8. The molecule has 0 saturated carbocycles. The summed E-state index contributed by atoms with van der Waals surface area (Å²) in [6.45, 7) is 1.90. The van der Waals surface area contributed by atoms with Crippen molar-refractivity contribution in [3.63, 3.8) is 0 Å². The molecule has 0 aliphatic heterocycles. The number of amides is 1. The molecule has 0 heterocycles. The number of hydroxylamine groups is 1. The van der Waals surface area contributed by atoms with Gasteiger partial charge in [0.2, 0.25) is 15.9 Å². The van der Waals surface area contributed by atoms with Crippen LogP contribution < -0.4 is 10.2 Å². The topological polar surface area (TPSA) is 95.5 Å². The van der Waals surface area contributed by atoms with Crippen molar-refractivity contribution in [2.24, 2.45) is 0 Å². The van der Waals surface area contributed by atoms with E-state index < -0.39 is 22.0 Å². The first kappa shape index (κ1) is 17.4. The van der Waals surface area contributed by atoms with E-state index in [1.807, 2.05) is 25.1 Å². The first-order valence-corrected chi connectivity index (χ1v) is 8.89. The molecule has 0 aliphatic carbocycles. The molecule has 1 atom stereocenters. The highest BCUT2D eigenvalue weighted by molar-refractivity contribution is 7.89. The Hall–Kier alpha value is -1.96. The van der Waals surface area contributed by atoms with E-state index in [0.717, 1.165) is 5.39 Å². The summed E-state index contributed by atoms with van der Waals surface area (Å²) in [6, 6.07) is 11.7. The number of rotatable bonds is 7. The number of sulfonamides is 1. The molecule has 2 rings (SSSR count). The van der Waals surface area contributed by atoms with Crippen molar-refractivity contribution in [2.45, 2.75) is 37.1 Å². The summed E-state index contributed by atoms with van der Waals surface area (Å²) in [7, 11) is -3.77. The minimum absolute atomic E-state index is 0.117. The van der Waals surface area contributed by atoms with Gasteiger partial charge in [-0.15, -0.1) is 0 Å². The van der Waals surface area contributed by atoms with Crippen LogP contribution in [0.15, 0.2) is 47.4 Å². The van der Waals surface area contributed by atoms with Gasteiger partial charge in [-0.25, -0.2) is 18.6 Å². The molecule has 3 N–H and O–H groups in total. The molecule has 6 nitrogen and oxygen atoms in total. The van der Waals surface area contributed by atoms with Gasteiger partial charge in [0, 0.05) is 17.8 Å². The molecule has 23 heavy (non-hydrogen) atoms. The molecule has 0 fully saturated rings. The van der Waals surface area contributed by atoms with E-state index in [0.29, 0.717) is 18.2 Å². The van der Waals surface area contributed by atoms with Crippen LogP contribution in [0.3, 0.4) is 0 Å². The molecule has 0 spiro atoms. The largest absolute Gasteiger partial charge is 0.289 e. The van der Waals surface area contributed by atoms with Crippen LogP contribution in [0, 0.1) is 0 Å². The van der Waals surface area contributed by atoms with Gasteiger partial charge in [-0.1, -0.05) is 49.7 Å². The van der Waals surface area contributed by atoms with Gasteiger partial charge in [-0.3, -0.25) is 10.0 Å². The van der Waals surface area contributed by atoms with E-state index >= 15 is 0 Å². The van der Waals surface area contributed by atoms with Crippen molar-refractivity contribution in [1.29, 1.82) is 0 Å². The first-order valence-electron chi connectivity index (χ1n) is 7.41. The molecule has 7 heteroatoms. The highest BCUT2D eigenvalue weighted by Gasteiger charge is 2.23. The Morgan fingerprint density at radius 2 is 1.87 bits per heavy atom. The van der Waals surface area contributed by atoms with E-state index in [4.69, 9.17) is 5.21 Å². The summed E-state index contributed by atoms with van der Waals surface area (Å²) in [4.78, 5) is 11.5. The average Bonchev–Trinajstić information content (AvgIpc) is 2.54.